The molecule has 2 aliphatic rings. The summed E-state index contributed by atoms with van der Waals surface area (Å²) < 4.78 is 10.9. The van der Waals surface area contributed by atoms with Crippen molar-refractivity contribution in [3.8, 4) is 0 Å². The Bertz CT molecular complexity index is 429. The van der Waals surface area contributed by atoms with Crippen LogP contribution in [0, 0.1) is 5.92 Å². The Kier molecular flexibility index (Phi) is 3.08. The topological polar surface area (TPSA) is 35.5 Å². The smallest absolute Gasteiger partial charge is 0.311 e. The fraction of sp³-hybridized carbons (Fsp3) is 0.533. The van der Waals surface area contributed by atoms with Crippen LogP contribution in [0.3, 0.4) is 0 Å². The van der Waals surface area contributed by atoms with E-state index in [4.69, 9.17) is 9.47 Å². The Hall–Kier alpha value is -1.35. The lowest BCUT2D eigenvalue weighted by Crippen LogP contribution is -2.39. The van der Waals surface area contributed by atoms with Gasteiger partial charge >= 0.3 is 5.97 Å². The number of methoxy groups -OCH3 is 1. The highest BCUT2D eigenvalue weighted by Gasteiger charge is 2.47. The lowest BCUT2D eigenvalue weighted by molar-refractivity contribution is -0.156. The standard InChI is InChI=1S/C15H18O3/c1-17-15(16)14-12(10-5-3-2-4-6-10)9-11-7-8-13(14)18-11/h2-6,11-14H,7-9H2,1H3/t11?,12?,13-,14?/m1/s1. The fourth-order valence-electron chi connectivity index (χ4n) is 3.36. The molecule has 2 fully saturated rings. The van der Waals surface area contributed by atoms with E-state index < -0.39 is 0 Å². The number of esters is 1. The van der Waals surface area contributed by atoms with E-state index in [1.165, 1.54) is 12.7 Å². The Morgan fingerprint density at radius 1 is 1.28 bits per heavy atom. The van der Waals surface area contributed by atoms with Crippen molar-refractivity contribution in [2.24, 2.45) is 5.92 Å². The van der Waals surface area contributed by atoms with Crippen molar-refractivity contribution in [1.82, 2.24) is 0 Å². The van der Waals surface area contributed by atoms with Gasteiger partial charge in [-0.2, -0.15) is 0 Å². The van der Waals surface area contributed by atoms with Gasteiger partial charge in [-0.05, 0) is 24.8 Å². The van der Waals surface area contributed by atoms with Crippen LogP contribution in [0.1, 0.15) is 30.7 Å². The zero-order chi connectivity index (χ0) is 12.5. The summed E-state index contributed by atoms with van der Waals surface area (Å²) in [4.78, 5) is 12.0. The summed E-state index contributed by atoms with van der Waals surface area (Å²) in [6, 6.07) is 10.3. The Balaban J connectivity index is 1.93. The molecule has 2 saturated heterocycles. The van der Waals surface area contributed by atoms with Gasteiger partial charge in [-0.25, -0.2) is 0 Å². The quantitative estimate of drug-likeness (QED) is 0.752. The molecular weight excluding hydrogens is 228 g/mol. The van der Waals surface area contributed by atoms with Gasteiger partial charge in [-0.15, -0.1) is 0 Å². The molecule has 0 saturated carbocycles. The van der Waals surface area contributed by atoms with Crippen LogP contribution in [0.4, 0.5) is 0 Å². The average Bonchev–Trinajstić information content (AvgIpc) is 2.80. The summed E-state index contributed by atoms with van der Waals surface area (Å²) in [6.45, 7) is 0. The molecule has 0 aliphatic carbocycles. The minimum absolute atomic E-state index is 0.0430. The van der Waals surface area contributed by atoms with Gasteiger partial charge in [0.15, 0.2) is 0 Å². The lowest BCUT2D eigenvalue weighted by atomic mass is 9.79. The number of rotatable bonds is 2. The summed E-state index contributed by atoms with van der Waals surface area (Å²) >= 11 is 0. The van der Waals surface area contributed by atoms with Crippen molar-refractivity contribution in [2.75, 3.05) is 7.11 Å². The molecule has 0 aromatic heterocycles. The van der Waals surface area contributed by atoms with Crippen LogP contribution in [0.2, 0.25) is 0 Å². The van der Waals surface area contributed by atoms with Crippen molar-refractivity contribution in [3.05, 3.63) is 35.9 Å². The third kappa shape index (κ3) is 1.93. The van der Waals surface area contributed by atoms with Gasteiger partial charge in [0.25, 0.3) is 0 Å². The average molecular weight is 246 g/mol. The maximum absolute atomic E-state index is 12.0. The molecule has 3 unspecified atom stereocenters. The Morgan fingerprint density at radius 3 is 2.78 bits per heavy atom. The molecule has 2 aliphatic heterocycles. The molecule has 3 rings (SSSR count). The van der Waals surface area contributed by atoms with Crippen LogP contribution < -0.4 is 0 Å². The first-order valence-corrected chi connectivity index (χ1v) is 6.58. The first-order chi connectivity index (χ1) is 8.79. The molecule has 96 valence electrons. The van der Waals surface area contributed by atoms with Crippen molar-refractivity contribution in [3.63, 3.8) is 0 Å². The third-order valence-electron chi connectivity index (χ3n) is 4.19. The largest absolute Gasteiger partial charge is 0.469 e. The SMILES string of the molecule is COC(=O)C1C(c2ccccc2)CC2CC[C@H]1O2. The first kappa shape index (κ1) is 11.7. The van der Waals surface area contributed by atoms with E-state index in [2.05, 4.69) is 12.1 Å². The zero-order valence-corrected chi connectivity index (χ0v) is 10.5. The maximum atomic E-state index is 12.0. The van der Waals surface area contributed by atoms with Crippen molar-refractivity contribution in [1.29, 1.82) is 0 Å². The highest BCUT2D eigenvalue weighted by atomic mass is 16.5. The van der Waals surface area contributed by atoms with Gasteiger partial charge in [0.05, 0.1) is 25.2 Å². The van der Waals surface area contributed by atoms with Crippen molar-refractivity contribution in [2.45, 2.75) is 37.4 Å². The number of fused-ring (bicyclic) bond motifs is 2. The predicted molar refractivity (Wildman–Crippen MR) is 67.2 cm³/mol. The van der Waals surface area contributed by atoms with Crippen LogP contribution in [0.15, 0.2) is 30.3 Å². The molecule has 3 nitrogen and oxygen atoms in total. The second kappa shape index (κ2) is 4.73. The van der Waals surface area contributed by atoms with E-state index >= 15 is 0 Å². The molecule has 2 bridgehead atoms. The number of ether oxygens (including phenoxy) is 2. The molecule has 1 aromatic carbocycles. The molecule has 2 heterocycles. The van der Waals surface area contributed by atoms with Gasteiger partial charge in [-0.3, -0.25) is 4.79 Å². The summed E-state index contributed by atoms with van der Waals surface area (Å²) in [6.07, 6.45) is 3.35. The van der Waals surface area contributed by atoms with Gasteiger partial charge < -0.3 is 9.47 Å². The van der Waals surface area contributed by atoms with Gasteiger partial charge in [-0.1, -0.05) is 30.3 Å². The molecular formula is C15H18O3. The minimum atomic E-state index is -0.142. The van der Waals surface area contributed by atoms with Crippen LogP contribution in [-0.4, -0.2) is 25.3 Å². The summed E-state index contributed by atoms with van der Waals surface area (Å²) in [5, 5.41) is 0. The molecule has 3 heteroatoms. The number of hydrogen-bond acceptors (Lipinski definition) is 3. The molecule has 1 aromatic rings. The van der Waals surface area contributed by atoms with E-state index in [-0.39, 0.29) is 23.9 Å². The van der Waals surface area contributed by atoms with Crippen LogP contribution in [0.5, 0.6) is 0 Å². The number of benzene rings is 1. The van der Waals surface area contributed by atoms with Crippen LogP contribution in [-0.2, 0) is 14.3 Å². The normalized spacial score (nSPS) is 34.3. The van der Waals surface area contributed by atoms with Gasteiger partial charge in [0.2, 0.25) is 0 Å². The zero-order valence-electron chi connectivity index (χ0n) is 10.5. The highest BCUT2D eigenvalue weighted by molar-refractivity contribution is 5.74. The van der Waals surface area contributed by atoms with Crippen molar-refractivity contribution >= 4 is 5.97 Å². The second-order valence-electron chi connectivity index (χ2n) is 5.18. The monoisotopic (exact) mass is 246 g/mol. The lowest BCUT2D eigenvalue weighted by Gasteiger charge is -2.35. The van der Waals surface area contributed by atoms with Crippen LogP contribution in [0.25, 0.3) is 0 Å². The molecule has 0 amide bonds. The third-order valence-corrected chi connectivity index (χ3v) is 4.19. The van der Waals surface area contributed by atoms with Gasteiger partial charge in [0.1, 0.15) is 0 Å². The summed E-state index contributed by atoms with van der Waals surface area (Å²) in [7, 11) is 1.46. The van der Waals surface area contributed by atoms with E-state index in [1.807, 2.05) is 18.2 Å². The second-order valence-corrected chi connectivity index (χ2v) is 5.18. The van der Waals surface area contributed by atoms with E-state index in [1.54, 1.807) is 0 Å². The Labute approximate surface area is 107 Å². The van der Waals surface area contributed by atoms with E-state index in [9.17, 15) is 4.79 Å². The fourth-order valence-corrected chi connectivity index (χ4v) is 3.36. The molecule has 0 spiro atoms. The highest BCUT2D eigenvalue weighted by Crippen LogP contribution is 2.45. The molecule has 4 atom stereocenters. The van der Waals surface area contributed by atoms with Crippen LogP contribution >= 0.6 is 0 Å². The first-order valence-electron chi connectivity index (χ1n) is 6.58. The number of carbonyl (C=O) groups excluding carboxylic acids is 1. The van der Waals surface area contributed by atoms with Gasteiger partial charge in [0, 0.05) is 5.92 Å². The predicted octanol–water partition coefficient (Wildman–Crippen LogP) is 2.51. The minimum Gasteiger partial charge on any atom is -0.469 e. The molecule has 18 heavy (non-hydrogen) atoms. The van der Waals surface area contributed by atoms with E-state index in [0.717, 1.165) is 19.3 Å². The summed E-state index contributed by atoms with van der Waals surface area (Å²) in [5.41, 5.74) is 1.23. The molecule has 0 N–H and O–H groups in total. The van der Waals surface area contributed by atoms with E-state index in [0.29, 0.717) is 6.10 Å². The Morgan fingerprint density at radius 2 is 2.06 bits per heavy atom. The summed E-state index contributed by atoms with van der Waals surface area (Å²) in [5.74, 6) is -0.0322. The number of hydrogen-bond donors (Lipinski definition) is 0. The number of carbonyl (C=O) groups is 1. The van der Waals surface area contributed by atoms with Crippen molar-refractivity contribution < 1.29 is 14.3 Å². The maximum Gasteiger partial charge on any atom is 0.311 e. The molecule has 0 radical (unpaired) electrons.